The van der Waals surface area contributed by atoms with Crippen molar-refractivity contribution >= 4 is 57.3 Å². The number of pyridine rings is 1. The van der Waals surface area contributed by atoms with E-state index in [1.807, 2.05) is 71.4 Å². The lowest BCUT2D eigenvalue weighted by molar-refractivity contribution is -0.657. The van der Waals surface area contributed by atoms with Crippen molar-refractivity contribution in [3.05, 3.63) is 190 Å². The Morgan fingerprint density at radius 2 is 0.649 bits per heavy atom. The Kier molecular flexibility index (Phi) is 15.8. The maximum atomic E-state index is 14.2. The zero-order chi connectivity index (χ0) is 57.9. The van der Waals surface area contributed by atoms with Crippen LogP contribution in [0.5, 0.6) is 0 Å². The molecule has 0 aliphatic heterocycles. The summed E-state index contributed by atoms with van der Waals surface area (Å²) in [4.78, 5) is 13.2. The van der Waals surface area contributed by atoms with Crippen LogP contribution in [-0.2, 0) is 56.0 Å². The van der Waals surface area contributed by atoms with Gasteiger partial charge in [-0.05, 0) is 36.4 Å². The van der Waals surface area contributed by atoms with Gasteiger partial charge in [0.15, 0.2) is 6.20 Å². The highest BCUT2D eigenvalue weighted by molar-refractivity contribution is 7.80. The average Bonchev–Trinajstić information content (AvgIpc) is 3.30. The zero-order valence-electron chi connectivity index (χ0n) is 37.4. The predicted octanol–water partition coefficient (Wildman–Crippen LogP) is 14.5. The first kappa shape index (κ1) is 59.4. The minimum atomic E-state index is -6.13. The van der Waals surface area contributed by atoms with E-state index in [0.717, 1.165) is 21.4 Å². The second-order valence-electron chi connectivity index (χ2n) is 16.9. The second kappa shape index (κ2) is 20.5. The predicted molar refractivity (Wildman–Crippen MR) is 232 cm³/mol. The molecule has 7 rings (SSSR count). The summed E-state index contributed by atoms with van der Waals surface area (Å²) < 4.78 is 343. The van der Waals surface area contributed by atoms with Crippen molar-refractivity contribution in [2.45, 2.75) is 60.9 Å². The van der Waals surface area contributed by atoms with Gasteiger partial charge in [-0.3, -0.25) is 4.79 Å². The largest absolute Gasteiger partial charge is 0.416 e. The molecule has 0 saturated heterocycles. The number of nitrogens with zero attached hydrogens (tertiary/aromatic N) is 1. The number of fused-ring (bicyclic) bond motifs is 1. The number of ketones is 1. The van der Waals surface area contributed by atoms with E-state index in [1.54, 1.807) is 0 Å². The first-order valence-corrected chi connectivity index (χ1v) is 21.5. The molecule has 0 amide bonds. The quantitative estimate of drug-likeness (QED) is 0.0555. The highest BCUT2D eigenvalue weighted by Crippen LogP contribution is 2.41. The third-order valence-electron chi connectivity index (χ3n) is 11.7. The molecule has 0 saturated carbocycles. The molecule has 77 heavy (non-hydrogen) atoms. The topological polar surface area (TPSA) is 20.9 Å². The number of alkyl halides is 24. The Labute approximate surface area is 421 Å². The number of hydrogen-bond donors (Lipinski definition) is 1. The van der Waals surface area contributed by atoms with Crippen molar-refractivity contribution in [3.63, 3.8) is 0 Å². The first-order chi connectivity index (χ1) is 35.0. The number of hydrogen-bond acceptors (Lipinski definition) is 2. The molecule has 6 aromatic carbocycles. The van der Waals surface area contributed by atoms with Crippen LogP contribution in [0.15, 0.2) is 145 Å². The van der Waals surface area contributed by atoms with Gasteiger partial charge in [0.1, 0.15) is 6.15 Å². The van der Waals surface area contributed by atoms with E-state index in [2.05, 4.69) is 12.6 Å². The molecule has 0 fully saturated rings. The normalized spacial score (nSPS) is 13.4. The summed E-state index contributed by atoms with van der Waals surface area (Å²) in [6, 6.07) is 10.4. The number of rotatable bonds is 7. The van der Waals surface area contributed by atoms with Gasteiger partial charge in [0.25, 0.3) is 0 Å². The van der Waals surface area contributed by atoms with E-state index in [-0.39, 0.29) is 5.78 Å². The summed E-state index contributed by atoms with van der Waals surface area (Å²) in [6.07, 6.45) is -52.9. The van der Waals surface area contributed by atoms with Crippen molar-refractivity contribution in [3.8, 4) is 0 Å². The molecule has 1 aromatic heterocycles. The molecule has 0 unspecified atom stereocenters. The lowest BCUT2D eigenvalue weighted by Gasteiger charge is -2.46. The van der Waals surface area contributed by atoms with Gasteiger partial charge in [-0.2, -0.15) is 132 Å². The molecule has 2 nitrogen and oxygen atoms in total. The maximum Gasteiger partial charge on any atom is 0.416 e. The number of carbonyl (C=O) groups is 1. The molecule has 0 radical (unpaired) electrons. The summed E-state index contributed by atoms with van der Waals surface area (Å²) in [6.45, 7) is 0.332. The Morgan fingerprint density at radius 1 is 0.364 bits per heavy atom. The monoisotopic (exact) mass is 1140 g/mol. The molecule has 7 aromatic rings. The van der Waals surface area contributed by atoms with Crippen LogP contribution in [0.25, 0.3) is 10.9 Å². The molecular formula is C49H26BF24NOS. The van der Waals surface area contributed by atoms with E-state index in [4.69, 9.17) is 0 Å². The van der Waals surface area contributed by atoms with Crippen LogP contribution in [0.4, 0.5) is 105 Å². The molecule has 0 bridgehead atoms. The van der Waals surface area contributed by atoms with E-state index in [0.29, 0.717) is 6.54 Å². The van der Waals surface area contributed by atoms with Crippen LogP contribution in [0.1, 0.15) is 54.9 Å². The van der Waals surface area contributed by atoms with Crippen molar-refractivity contribution in [1.29, 1.82) is 0 Å². The Hall–Kier alpha value is -6.87. The van der Waals surface area contributed by atoms with Crippen LogP contribution in [0, 0.1) is 0 Å². The second-order valence-corrected chi connectivity index (χ2v) is 17.3. The van der Waals surface area contributed by atoms with Gasteiger partial charge < -0.3 is 0 Å². The van der Waals surface area contributed by atoms with Gasteiger partial charge in [0.2, 0.25) is 17.8 Å². The Bertz CT molecular complexity index is 2870. The number of halogens is 24. The van der Waals surface area contributed by atoms with Crippen molar-refractivity contribution in [2.75, 3.05) is 0 Å². The Morgan fingerprint density at radius 3 is 0.922 bits per heavy atom. The van der Waals surface area contributed by atoms with Gasteiger partial charge in [-0.1, -0.05) is 84.9 Å². The van der Waals surface area contributed by atoms with Crippen molar-refractivity contribution in [2.24, 2.45) is 0 Å². The van der Waals surface area contributed by atoms with Crippen LogP contribution in [-0.4, -0.2) is 11.9 Å². The third-order valence-corrected chi connectivity index (χ3v) is 12.1. The smallest absolute Gasteiger partial charge is 0.287 e. The van der Waals surface area contributed by atoms with Crippen molar-refractivity contribution < 1.29 is 115 Å². The highest BCUT2D eigenvalue weighted by Gasteiger charge is 2.47. The number of benzene rings is 6. The first-order valence-electron chi connectivity index (χ1n) is 21.1. The van der Waals surface area contributed by atoms with Gasteiger partial charge in [-0.25, -0.2) is 0 Å². The number of aromatic nitrogens is 1. The minimum absolute atomic E-state index is 0.104. The molecule has 0 spiro atoms. The Balaban J connectivity index is 0.000000397. The van der Waals surface area contributed by atoms with Crippen molar-refractivity contribution in [1.82, 2.24) is 0 Å². The average molecular weight is 1140 g/mol. The zero-order valence-corrected chi connectivity index (χ0v) is 38.3. The van der Waals surface area contributed by atoms with E-state index in [1.165, 1.54) is 0 Å². The fraction of sp³-hybridized carbons (Fsp3) is 0.184. The molecule has 28 heteroatoms. The summed E-state index contributed by atoms with van der Waals surface area (Å²) in [5.74, 6) is 0.104. The van der Waals surface area contributed by atoms with Gasteiger partial charge in [0, 0.05) is 22.6 Å². The van der Waals surface area contributed by atoms with Crippen LogP contribution >= 0.6 is 12.6 Å². The fourth-order valence-electron chi connectivity index (χ4n) is 8.36. The molecule has 410 valence electrons. The molecular weight excluding hydrogens is 1120 g/mol. The van der Waals surface area contributed by atoms with Gasteiger partial charge in [0.05, 0.1) is 49.9 Å². The number of carbonyl (C=O) groups excluding carboxylic acids is 1. The fourth-order valence-corrected chi connectivity index (χ4v) is 8.64. The van der Waals surface area contributed by atoms with Crippen LogP contribution in [0.3, 0.4) is 0 Å². The van der Waals surface area contributed by atoms with Crippen LogP contribution in [0.2, 0.25) is 0 Å². The van der Waals surface area contributed by atoms with Crippen LogP contribution < -0.4 is 26.4 Å². The van der Waals surface area contributed by atoms with E-state index < -0.39 is 195 Å². The molecule has 1 heterocycles. The minimum Gasteiger partial charge on any atom is -0.287 e. The maximum absolute atomic E-state index is 14.2. The van der Waals surface area contributed by atoms with E-state index >= 15 is 0 Å². The lowest BCUT2D eigenvalue weighted by Crippen LogP contribution is -2.75. The third kappa shape index (κ3) is 13.3. The van der Waals surface area contributed by atoms with E-state index in [9.17, 15) is 110 Å². The number of Topliss-reactive ketones (excluding diaryl/α,β-unsaturated/α-hetero) is 1. The summed E-state index contributed by atoms with van der Waals surface area (Å²) >= 11 is 4.46. The summed E-state index contributed by atoms with van der Waals surface area (Å²) in [5, 5.41) is 1.05. The lowest BCUT2D eigenvalue weighted by atomic mass is 9.12. The SMILES string of the molecule is FC(F)(F)c1cc([B-](c2cc(C(F)(F)F)cc(C(F)(F)F)c2)(c2cc(C(F)(F)F)cc(C(F)(F)F)c2)c2cc(C(F)(F)F)cc(C(F)(F)F)c2)cc(C(F)(F)F)c1.O=C(C[n+]1cccc2c(S)cccc21)c1ccccc1. The molecule has 0 aliphatic carbocycles. The standard InChI is InChI=1S/C32H12BF24.C17H13NOS/c34-25(35,36)13-1-14(26(37,38)39)6-21(5-13)33(22-7-15(27(40,41)42)2-16(8-22)28(43,44)45,23-9-17(29(46,47)48)3-18(10-23)30(49,50)51)24-11-19(31(52,53)54)4-20(12-24)32(55,56)57;19-16(13-6-2-1-3-7-13)12-18-11-5-8-14-15(18)9-4-10-17(14)20/h1-12H;1-11H,12H2/q-1;/p+1. The van der Waals surface area contributed by atoms with Gasteiger partial charge >= 0.3 is 49.4 Å². The van der Waals surface area contributed by atoms with Gasteiger partial charge in [-0.15, -0.1) is 12.6 Å². The summed E-state index contributed by atoms with van der Waals surface area (Å²) in [5.41, 5.74) is -28.5. The molecule has 0 aliphatic rings. The number of thiol groups is 1. The summed E-state index contributed by atoms with van der Waals surface area (Å²) in [7, 11) is 0. The molecule has 0 atom stereocenters. The highest BCUT2D eigenvalue weighted by atomic mass is 32.1. The molecule has 0 N–H and O–H groups in total.